The third-order valence-corrected chi connectivity index (χ3v) is 4.63. The average molecular weight is 347 g/mol. The van der Waals surface area contributed by atoms with E-state index in [0.29, 0.717) is 23.1 Å². The van der Waals surface area contributed by atoms with E-state index in [4.69, 9.17) is 10.5 Å². The van der Waals surface area contributed by atoms with E-state index in [2.05, 4.69) is 26.1 Å². The number of nitrogens with one attached hydrogen (secondary N) is 1. The number of ether oxygens (including phenoxy) is 1. The first-order valence-electron chi connectivity index (χ1n) is 9.30. The molecule has 0 radical (unpaired) electrons. The minimum atomic E-state index is -0.464. The maximum absolute atomic E-state index is 12.0. The largest absolute Gasteiger partial charge is 0.460 e. The minimum absolute atomic E-state index is 0.226. The van der Waals surface area contributed by atoms with Gasteiger partial charge in [0, 0.05) is 6.04 Å². The molecule has 4 heteroatoms. The van der Waals surface area contributed by atoms with Gasteiger partial charge < -0.3 is 15.8 Å². The molecule has 0 amide bonds. The fourth-order valence-electron chi connectivity index (χ4n) is 4.07. The predicted molar refractivity (Wildman–Crippen MR) is 105 cm³/mol. The van der Waals surface area contributed by atoms with Gasteiger partial charge >= 0.3 is 5.97 Å². The van der Waals surface area contributed by atoms with Crippen molar-refractivity contribution < 1.29 is 9.53 Å². The molecule has 1 aromatic carbocycles. The zero-order chi connectivity index (χ0) is 18.8. The van der Waals surface area contributed by atoms with E-state index < -0.39 is 5.60 Å². The van der Waals surface area contributed by atoms with Crippen LogP contribution in [0.3, 0.4) is 0 Å². The highest BCUT2D eigenvalue weighted by Crippen LogP contribution is 2.40. The maximum atomic E-state index is 12.0. The molecule has 140 valence electrons. The molecule has 4 nitrogen and oxygen atoms in total. The quantitative estimate of drug-likeness (QED) is 0.608. The third kappa shape index (κ3) is 6.26. The standard InChI is InChI=1S/C21H34N2O2/c1-14-9-16(13-21(5,6)12-14)23-18-8-7-15(10-17(18)22)11-19(24)25-20(2,3)4/h7-8,10,14,16,23H,9,11-13,22H2,1-6H3/t14-,16+/m1/s1. The van der Waals surface area contributed by atoms with Crippen LogP contribution in [-0.2, 0) is 16.0 Å². The normalized spacial score (nSPS) is 23.1. The first-order valence-corrected chi connectivity index (χ1v) is 9.30. The molecule has 0 bridgehead atoms. The first kappa shape index (κ1) is 19.6. The van der Waals surface area contributed by atoms with Crippen molar-refractivity contribution in [2.24, 2.45) is 11.3 Å². The molecule has 2 atom stereocenters. The van der Waals surface area contributed by atoms with Crippen LogP contribution in [0.2, 0.25) is 0 Å². The molecule has 0 heterocycles. The highest BCUT2D eigenvalue weighted by molar-refractivity contribution is 5.75. The van der Waals surface area contributed by atoms with Crippen LogP contribution in [0.5, 0.6) is 0 Å². The van der Waals surface area contributed by atoms with Crippen LogP contribution >= 0.6 is 0 Å². The second-order valence-corrected chi connectivity index (χ2v) is 9.44. The summed E-state index contributed by atoms with van der Waals surface area (Å²) in [6, 6.07) is 6.27. The van der Waals surface area contributed by atoms with Crippen LogP contribution in [-0.4, -0.2) is 17.6 Å². The molecule has 25 heavy (non-hydrogen) atoms. The molecule has 0 aromatic heterocycles. The Morgan fingerprint density at radius 1 is 1.32 bits per heavy atom. The Labute approximate surface area is 152 Å². The van der Waals surface area contributed by atoms with E-state index in [9.17, 15) is 4.79 Å². The highest BCUT2D eigenvalue weighted by atomic mass is 16.6. The lowest BCUT2D eigenvalue weighted by Crippen LogP contribution is -2.35. The lowest BCUT2D eigenvalue weighted by molar-refractivity contribution is -0.153. The summed E-state index contributed by atoms with van der Waals surface area (Å²) in [7, 11) is 0. The van der Waals surface area contributed by atoms with Gasteiger partial charge in [0.05, 0.1) is 17.8 Å². The second-order valence-electron chi connectivity index (χ2n) is 9.44. The van der Waals surface area contributed by atoms with Gasteiger partial charge in [-0.3, -0.25) is 4.79 Å². The summed E-state index contributed by atoms with van der Waals surface area (Å²) in [5.74, 6) is 0.490. The zero-order valence-corrected chi connectivity index (χ0v) is 16.6. The van der Waals surface area contributed by atoms with Crippen LogP contribution in [0.15, 0.2) is 18.2 Å². The molecule has 1 saturated carbocycles. The lowest BCUT2D eigenvalue weighted by Gasteiger charge is -2.39. The van der Waals surface area contributed by atoms with Gasteiger partial charge in [0.2, 0.25) is 0 Å². The Bertz CT molecular complexity index is 617. The molecule has 1 fully saturated rings. The average Bonchev–Trinajstić information content (AvgIpc) is 2.37. The van der Waals surface area contributed by atoms with Crippen LogP contribution < -0.4 is 11.1 Å². The van der Waals surface area contributed by atoms with Crippen molar-refractivity contribution in [2.75, 3.05) is 11.1 Å². The number of hydrogen-bond donors (Lipinski definition) is 2. The Kier molecular flexibility index (Phi) is 5.70. The topological polar surface area (TPSA) is 64.3 Å². The van der Waals surface area contributed by atoms with E-state index >= 15 is 0 Å². The van der Waals surface area contributed by atoms with Crippen LogP contribution in [0.1, 0.15) is 66.4 Å². The Balaban J connectivity index is 2.01. The summed E-state index contributed by atoms with van der Waals surface area (Å²) >= 11 is 0. The summed E-state index contributed by atoms with van der Waals surface area (Å²) in [6.45, 7) is 12.6. The lowest BCUT2D eigenvalue weighted by atomic mass is 9.70. The minimum Gasteiger partial charge on any atom is -0.460 e. The number of carbonyl (C=O) groups is 1. The number of hydrogen-bond acceptors (Lipinski definition) is 4. The second kappa shape index (κ2) is 7.27. The van der Waals surface area contributed by atoms with Crippen molar-refractivity contribution >= 4 is 17.3 Å². The molecule has 0 spiro atoms. The predicted octanol–water partition coefficient (Wildman–Crippen LogP) is 4.78. The monoisotopic (exact) mass is 346 g/mol. The van der Waals surface area contributed by atoms with E-state index in [1.165, 1.54) is 12.8 Å². The first-order chi connectivity index (χ1) is 11.4. The van der Waals surface area contributed by atoms with Gasteiger partial charge in [-0.15, -0.1) is 0 Å². The van der Waals surface area contributed by atoms with Crippen molar-refractivity contribution in [3.05, 3.63) is 23.8 Å². The fourth-order valence-corrected chi connectivity index (χ4v) is 4.07. The van der Waals surface area contributed by atoms with Crippen molar-refractivity contribution in [3.8, 4) is 0 Å². The molecular formula is C21H34N2O2. The van der Waals surface area contributed by atoms with Gasteiger partial charge in [-0.25, -0.2) is 0 Å². The molecular weight excluding hydrogens is 312 g/mol. The van der Waals surface area contributed by atoms with Gasteiger partial charge in [-0.2, -0.15) is 0 Å². The van der Waals surface area contributed by atoms with Crippen LogP contribution in [0.4, 0.5) is 11.4 Å². The van der Waals surface area contributed by atoms with Crippen LogP contribution in [0, 0.1) is 11.3 Å². The molecule has 2 rings (SSSR count). The Morgan fingerprint density at radius 2 is 2.00 bits per heavy atom. The van der Waals surface area contributed by atoms with Gasteiger partial charge in [-0.1, -0.05) is 26.8 Å². The molecule has 0 unspecified atom stereocenters. The van der Waals surface area contributed by atoms with Gasteiger partial charge in [0.15, 0.2) is 0 Å². The highest BCUT2D eigenvalue weighted by Gasteiger charge is 2.32. The summed E-state index contributed by atoms with van der Waals surface area (Å²) in [4.78, 5) is 12.0. The number of nitrogens with two attached hydrogens (primary N) is 1. The maximum Gasteiger partial charge on any atom is 0.310 e. The summed E-state index contributed by atoms with van der Waals surface area (Å²) < 4.78 is 5.37. The van der Waals surface area contributed by atoms with Crippen molar-refractivity contribution in [1.82, 2.24) is 0 Å². The smallest absolute Gasteiger partial charge is 0.310 e. The van der Waals surface area contributed by atoms with E-state index in [1.54, 1.807) is 0 Å². The molecule has 1 aliphatic carbocycles. The van der Waals surface area contributed by atoms with E-state index in [-0.39, 0.29) is 12.4 Å². The number of nitrogen functional groups attached to an aromatic ring is 1. The summed E-state index contributed by atoms with van der Waals surface area (Å²) in [6.07, 6.45) is 3.84. The van der Waals surface area contributed by atoms with Gasteiger partial charge in [0.25, 0.3) is 0 Å². The van der Waals surface area contributed by atoms with E-state index in [1.807, 2.05) is 39.0 Å². The Hall–Kier alpha value is -1.71. The van der Waals surface area contributed by atoms with Gasteiger partial charge in [0.1, 0.15) is 5.60 Å². The molecule has 0 saturated heterocycles. The van der Waals surface area contributed by atoms with Gasteiger partial charge in [-0.05, 0) is 69.1 Å². The number of benzene rings is 1. The molecule has 1 aromatic rings. The van der Waals surface area contributed by atoms with Crippen molar-refractivity contribution in [3.63, 3.8) is 0 Å². The third-order valence-electron chi connectivity index (χ3n) is 4.63. The number of esters is 1. The SMILES string of the molecule is C[C@@H]1C[C@H](Nc2ccc(CC(=O)OC(C)(C)C)cc2N)CC(C)(C)C1. The van der Waals surface area contributed by atoms with Crippen molar-refractivity contribution in [2.45, 2.75) is 78.9 Å². The summed E-state index contributed by atoms with van der Waals surface area (Å²) in [5.41, 5.74) is 8.66. The fraction of sp³-hybridized carbons (Fsp3) is 0.667. The number of anilines is 2. The zero-order valence-electron chi connectivity index (χ0n) is 16.6. The Morgan fingerprint density at radius 3 is 2.56 bits per heavy atom. The number of carbonyl (C=O) groups excluding carboxylic acids is 1. The molecule has 0 aliphatic heterocycles. The van der Waals surface area contributed by atoms with Crippen LogP contribution in [0.25, 0.3) is 0 Å². The van der Waals surface area contributed by atoms with E-state index in [0.717, 1.165) is 17.7 Å². The molecule has 3 N–H and O–H groups in total. The van der Waals surface area contributed by atoms with Crippen molar-refractivity contribution in [1.29, 1.82) is 0 Å². The summed E-state index contributed by atoms with van der Waals surface area (Å²) in [5, 5.41) is 3.61. The molecule has 1 aliphatic rings. The number of rotatable bonds is 4.